The molecule has 0 bridgehead atoms. The summed E-state index contributed by atoms with van der Waals surface area (Å²) in [5.41, 5.74) is 0.296. The third-order valence-corrected chi connectivity index (χ3v) is 3.38. The van der Waals surface area contributed by atoms with Crippen LogP contribution >= 0.6 is 11.6 Å². The Balaban J connectivity index is 2.07. The van der Waals surface area contributed by atoms with E-state index >= 15 is 0 Å². The van der Waals surface area contributed by atoms with E-state index in [0.29, 0.717) is 23.8 Å². The Morgan fingerprint density at radius 1 is 1.53 bits per heavy atom. The highest BCUT2D eigenvalue weighted by molar-refractivity contribution is 6.31. The van der Waals surface area contributed by atoms with Crippen LogP contribution in [0.15, 0.2) is 18.2 Å². The van der Waals surface area contributed by atoms with Crippen molar-refractivity contribution in [1.29, 1.82) is 0 Å². The van der Waals surface area contributed by atoms with Crippen LogP contribution in [0.25, 0.3) is 0 Å². The van der Waals surface area contributed by atoms with Crippen LogP contribution in [-0.4, -0.2) is 19.0 Å². The topological polar surface area (TPSA) is 26.3 Å². The van der Waals surface area contributed by atoms with Gasteiger partial charge in [-0.05, 0) is 25.0 Å². The summed E-state index contributed by atoms with van der Waals surface area (Å²) in [7, 11) is 0. The molecule has 1 aromatic carbocycles. The molecule has 1 fully saturated rings. The summed E-state index contributed by atoms with van der Waals surface area (Å²) in [6.45, 7) is 1.16. The van der Waals surface area contributed by atoms with Crippen molar-refractivity contribution in [2.75, 3.05) is 13.2 Å². The highest BCUT2D eigenvalue weighted by Crippen LogP contribution is 2.23. The van der Waals surface area contributed by atoms with Gasteiger partial charge in [0.1, 0.15) is 11.6 Å². The molecule has 1 heterocycles. The number of hydrogen-bond donors (Lipinski definition) is 0. The van der Waals surface area contributed by atoms with E-state index in [2.05, 4.69) is 0 Å². The number of ketones is 1. The number of ether oxygens (including phenoxy) is 1. The number of benzene rings is 1. The van der Waals surface area contributed by atoms with Crippen LogP contribution in [0.1, 0.15) is 18.4 Å². The predicted molar refractivity (Wildman–Crippen MR) is 63.7 cm³/mol. The molecule has 0 N–H and O–H groups in total. The van der Waals surface area contributed by atoms with Gasteiger partial charge in [-0.15, -0.1) is 0 Å². The minimum Gasteiger partial charge on any atom is -0.381 e. The number of carbonyl (C=O) groups excluding carboxylic acids is 1. The second-order valence-electron chi connectivity index (χ2n) is 4.26. The van der Waals surface area contributed by atoms with Gasteiger partial charge in [-0.1, -0.05) is 17.7 Å². The molecule has 0 amide bonds. The maximum absolute atomic E-state index is 13.5. The lowest BCUT2D eigenvalue weighted by Gasteiger charge is -2.21. The molecule has 1 aliphatic heterocycles. The van der Waals surface area contributed by atoms with Crippen LogP contribution in [0.2, 0.25) is 5.02 Å². The monoisotopic (exact) mass is 256 g/mol. The largest absolute Gasteiger partial charge is 0.381 e. The molecule has 1 aliphatic rings. The Bertz CT molecular complexity index is 394. The molecule has 1 atom stereocenters. The van der Waals surface area contributed by atoms with Gasteiger partial charge in [0.25, 0.3) is 0 Å². The Hall–Kier alpha value is -0.930. The molecule has 0 radical (unpaired) electrons. The van der Waals surface area contributed by atoms with Gasteiger partial charge in [0, 0.05) is 29.5 Å². The van der Waals surface area contributed by atoms with Crippen molar-refractivity contribution in [3.63, 3.8) is 0 Å². The lowest BCUT2D eigenvalue weighted by atomic mass is 9.93. The molecular weight excluding hydrogens is 243 g/mol. The average Bonchev–Trinajstić information content (AvgIpc) is 2.35. The highest BCUT2D eigenvalue weighted by atomic mass is 35.5. The fourth-order valence-electron chi connectivity index (χ4n) is 2.01. The first-order valence-electron chi connectivity index (χ1n) is 5.72. The minimum absolute atomic E-state index is 0.0108. The first-order valence-corrected chi connectivity index (χ1v) is 6.09. The summed E-state index contributed by atoms with van der Waals surface area (Å²) >= 11 is 5.89. The van der Waals surface area contributed by atoms with Crippen molar-refractivity contribution in [2.45, 2.75) is 19.3 Å². The Morgan fingerprint density at radius 3 is 3.00 bits per heavy atom. The molecule has 1 unspecified atom stereocenters. The van der Waals surface area contributed by atoms with Crippen molar-refractivity contribution in [2.24, 2.45) is 5.92 Å². The van der Waals surface area contributed by atoms with Crippen LogP contribution in [0, 0.1) is 11.7 Å². The minimum atomic E-state index is -0.414. The van der Waals surface area contributed by atoms with Crippen LogP contribution < -0.4 is 0 Å². The maximum atomic E-state index is 13.5. The molecule has 2 nitrogen and oxygen atoms in total. The maximum Gasteiger partial charge on any atom is 0.142 e. The summed E-state index contributed by atoms with van der Waals surface area (Å²) in [6.07, 6.45) is 1.77. The standard InChI is InChI=1S/C13H14ClFO2/c14-11-4-1-5-12(15)10(11)7-13(16)9-3-2-6-17-8-9/h1,4-5,9H,2-3,6-8H2. The van der Waals surface area contributed by atoms with Gasteiger partial charge in [0.15, 0.2) is 0 Å². The van der Waals surface area contributed by atoms with E-state index in [9.17, 15) is 9.18 Å². The van der Waals surface area contributed by atoms with Gasteiger partial charge < -0.3 is 4.74 Å². The summed E-state index contributed by atoms with van der Waals surface area (Å²) in [4.78, 5) is 12.0. The van der Waals surface area contributed by atoms with Gasteiger partial charge >= 0.3 is 0 Å². The predicted octanol–water partition coefficient (Wildman–Crippen LogP) is 3.02. The zero-order valence-corrected chi connectivity index (χ0v) is 10.2. The zero-order valence-electron chi connectivity index (χ0n) is 9.42. The van der Waals surface area contributed by atoms with Crippen molar-refractivity contribution in [3.8, 4) is 0 Å². The first-order chi connectivity index (χ1) is 8.18. The Kier molecular flexibility index (Phi) is 4.13. The number of hydrogen-bond acceptors (Lipinski definition) is 2. The molecule has 0 spiro atoms. The van der Waals surface area contributed by atoms with Crippen LogP contribution in [0.5, 0.6) is 0 Å². The molecule has 92 valence electrons. The summed E-state index contributed by atoms with van der Waals surface area (Å²) in [5.74, 6) is -0.515. The second-order valence-corrected chi connectivity index (χ2v) is 4.66. The summed E-state index contributed by atoms with van der Waals surface area (Å²) < 4.78 is 18.8. The molecule has 2 rings (SSSR count). The molecule has 0 aromatic heterocycles. The third-order valence-electron chi connectivity index (χ3n) is 3.03. The number of carbonyl (C=O) groups is 1. The van der Waals surface area contributed by atoms with Crippen LogP contribution in [-0.2, 0) is 16.0 Å². The smallest absolute Gasteiger partial charge is 0.142 e. The molecule has 0 saturated carbocycles. The second kappa shape index (κ2) is 5.61. The van der Waals surface area contributed by atoms with Crippen LogP contribution in [0.3, 0.4) is 0 Å². The van der Waals surface area contributed by atoms with E-state index in [-0.39, 0.29) is 18.1 Å². The van der Waals surface area contributed by atoms with Gasteiger partial charge in [-0.3, -0.25) is 4.79 Å². The van der Waals surface area contributed by atoms with Crippen molar-refractivity contribution >= 4 is 17.4 Å². The lowest BCUT2D eigenvalue weighted by molar-refractivity contribution is -0.126. The van der Waals surface area contributed by atoms with E-state index in [1.165, 1.54) is 12.1 Å². The van der Waals surface area contributed by atoms with Gasteiger partial charge in [-0.2, -0.15) is 0 Å². The lowest BCUT2D eigenvalue weighted by Crippen LogP contribution is -2.26. The Morgan fingerprint density at radius 2 is 2.35 bits per heavy atom. The first kappa shape index (κ1) is 12.5. The van der Waals surface area contributed by atoms with Gasteiger partial charge in [0.2, 0.25) is 0 Å². The molecule has 0 aliphatic carbocycles. The fourth-order valence-corrected chi connectivity index (χ4v) is 2.24. The summed E-state index contributed by atoms with van der Waals surface area (Å²) in [6, 6.07) is 4.46. The molecule has 1 aromatic rings. The van der Waals surface area contributed by atoms with Crippen LogP contribution in [0.4, 0.5) is 4.39 Å². The number of rotatable bonds is 3. The van der Waals surface area contributed by atoms with Crippen molar-refractivity contribution in [1.82, 2.24) is 0 Å². The number of halogens is 2. The van der Waals surface area contributed by atoms with E-state index < -0.39 is 5.82 Å². The summed E-state index contributed by atoms with van der Waals surface area (Å²) in [5, 5.41) is 0.315. The quantitative estimate of drug-likeness (QED) is 0.831. The highest BCUT2D eigenvalue weighted by Gasteiger charge is 2.23. The zero-order chi connectivity index (χ0) is 12.3. The Labute approximate surface area is 105 Å². The van der Waals surface area contributed by atoms with Crippen molar-refractivity contribution in [3.05, 3.63) is 34.6 Å². The van der Waals surface area contributed by atoms with E-state index in [4.69, 9.17) is 16.3 Å². The number of Topliss-reactive ketones (excluding diaryl/α,β-unsaturated/α-hetero) is 1. The third kappa shape index (κ3) is 3.05. The van der Waals surface area contributed by atoms with Gasteiger partial charge in [0.05, 0.1) is 6.61 Å². The average molecular weight is 257 g/mol. The molecule has 4 heteroatoms. The molecule has 1 saturated heterocycles. The van der Waals surface area contributed by atoms with Crippen molar-refractivity contribution < 1.29 is 13.9 Å². The normalized spacial score (nSPS) is 20.2. The van der Waals surface area contributed by atoms with Gasteiger partial charge in [-0.25, -0.2) is 4.39 Å². The molecule has 17 heavy (non-hydrogen) atoms. The van der Waals surface area contributed by atoms with E-state index in [1.54, 1.807) is 6.07 Å². The van der Waals surface area contributed by atoms with E-state index in [1.807, 2.05) is 0 Å². The molecular formula is C13H14ClFO2. The SMILES string of the molecule is O=C(Cc1c(F)cccc1Cl)C1CCCOC1. The fraction of sp³-hybridized carbons (Fsp3) is 0.462. The van der Waals surface area contributed by atoms with E-state index in [0.717, 1.165) is 12.8 Å².